The summed E-state index contributed by atoms with van der Waals surface area (Å²) in [5.74, 6) is -1.40. The number of amides is 1. The predicted octanol–water partition coefficient (Wildman–Crippen LogP) is 1.68. The Kier molecular flexibility index (Phi) is 6.02. The van der Waals surface area contributed by atoms with Gasteiger partial charge in [-0.15, -0.1) is 0 Å². The number of aliphatic carboxylic acids is 1. The Bertz CT molecular complexity index is 515. The van der Waals surface area contributed by atoms with Gasteiger partial charge >= 0.3 is 5.97 Å². The van der Waals surface area contributed by atoms with Crippen molar-refractivity contribution in [1.82, 2.24) is 5.32 Å². The third-order valence-electron chi connectivity index (χ3n) is 3.47. The molecule has 2 atom stereocenters. The normalized spacial score (nSPS) is 13.1. The summed E-state index contributed by atoms with van der Waals surface area (Å²) in [6.45, 7) is 3.42. The summed E-state index contributed by atoms with van der Waals surface area (Å²) >= 11 is 0. The average Bonchev–Trinajstić information content (AvgIpc) is 2.50. The van der Waals surface area contributed by atoms with Gasteiger partial charge in [-0.25, -0.2) is 0 Å². The lowest BCUT2D eigenvalue weighted by atomic mass is 9.95. The van der Waals surface area contributed by atoms with Crippen LogP contribution in [0.4, 0.5) is 0 Å². The second-order valence-corrected chi connectivity index (χ2v) is 4.82. The molecular formula is C15H21NO5. The number of hydrogen-bond donors (Lipinski definition) is 2. The van der Waals surface area contributed by atoms with Gasteiger partial charge in [-0.2, -0.15) is 0 Å². The second-order valence-electron chi connectivity index (χ2n) is 4.82. The number of rotatable bonds is 7. The van der Waals surface area contributed by atoms with Crippen LogP contribution >= 0.6 is 0 Å². The Morgan fingerprint density at radius 3 is 2.29 bits per heavy atom. The van der Waals surface area contributed by atoms with Crippen molar-refractivity contribution in [2.45, 2.75) is 20.4 Å². The molecule has 6 nitrogen and oxygen atoms in total. The van der Waals surface area contributed by atoms with Crippen LogP contribution in [0, 0.1) is 11.8 Å². The zero-order chi connectivity index (χ0) is 16.0. The van der Waals surface area contributed by atoms with Crippen LogP contribution in [0.1, 0.15) is 19.4 Å². The Hall–Kier alpha value is -2.24. The van der Waals surface area contributed by atoms with Gasteiger partial charge in [0, 0.05) is 12.5 Å². The van der Waals surface area contributed by atoms with E-state index < -0.39 is 17.8 Å². The van der Waals surface area contributed by atoms with Crippen molar-refractivity contribution >= 4 is 11.9 Å². The molecule has 0 saturated heterocycles. The summed E-state index contributed by atoms with van der Waals surface area (Å²) < 4.78 is 10.3. The number of methoxy groups -OCH3 is 2. The predicted molar refractivity (Wildman–Crippen MR) is 77.4 cm³/mol. The number of benzene rings is 1. The van der Waals surface area contributed by atoms with Gasteiger partial charge in [-0.3, -0.25) is 9.59 Å². The Labute approximate surface area is 124 Å². The smallest absolute Gasteiger partial charge is 0.307 e. The van der Waals surface area contributed by atoms with E-state index in [0.717, 1.165) is 5.56 Å². The molecule has 0 aliphatic rings. The fraction of sp³-hybridized carbons (Fsp3) is 0.467. The summed E-state index contributed by atoms with van der Waals surface area (Å²) in [6.07, 6.45) is 0. The number of nitrogens with one attached hydrogen (secondary N) is 1. The number of carbonyl (C=O) groups is 2. The van der Waals surface area contributed by atoms with Crippen LogP contribution in [0.15, 0.2) is 18.2 Å². The Morgan fingerprint density at radius 2 is 1.76 bits per heavy atom. The van der Waals surface area contributed by atoms with E-state index in [0.29, 0.717) is 18.0 Å². The lowest BCUT2D eigenvalue weighted by Gasteiger charge is -2.16. The molecule has 0 saturated carbocycles. The van der Waals surface area contributed by atoms with Crippen LogP contribution < -0.4 is 14.8 Å². The van der Waals surface area contributed by atoms with Gasteiger partial charge in [-0.05, 0) is 17.7 Å². The molecule has 1 rings (SSSR count). The molecule has 1 amide bonds. The van der Waals surface area contributed by atoms with E-state index >= 15 is 0 Å². The zero-order valence-electron chi connectivity index (χ0n) is 12.7. The molecule has 0 aliphatic carbocycles. The first-order valence-corrected chi connectivity index (χ1v) is 6.62. The highest BCUT2D eigenvalue weighted by Gasteiger charge is 2.25. The maximum absolute atomic E-state index is 11.9. The highest BCUT2D eigenvalue weighted by Crippen LogP contribution is 2.27. The number of carboxylic acids is 1. The molecular weight excluding hydrogens is 274 g/mol. The van der Waals surface area contributed by atoms with Crippen molar-refractivity contribution in [1.29, 1.82) is 0 Å². The van der Waals surface area contributed by atoms with E-state index in [1.165, 1.54) is 14.0 Å². The topological polar surface area (TPSA) is 84.9 Å². The van der Waals surface area contributed by atoms with Gasteiger partial charge in [-0.1, -0.05) is 19.9 Å². The van der Waals surface area contributed by atoms with E-state index in [1.54, 1.807) is 26.2 Å². The van der Waals surface area contributed by atoms with Crippen LogP contribution in [0.2, 0.25) is 0 Å². The molecule has 0 aromatic heterocycles. The lowest BCUT2D eigenvalue weighted by Crippen LogP contribution is -2.34. The van der Waals surface area contributed by atoms with Crippen molar-refractivity contribution in [2.75, 3.05) is 14.2 Å². The minimum atomic E-state index is -0.983. The van der Waals surface area contributed by atoms with Gasteiger partial charge in [0.05, 0.1) is 20.1 Å². The average molecular weight is 295 g/mol. The standard InChI is InChI=1S/C15H21NO5/c1-9(10(2)15(18)19)14(17)16-8-11-5-6-12(20-3)13(7-11)21-4/h5-7,9-10H,8H2,1-4H3,(H,16,17)(H,18,19). The van der Waals surface area contributed by atoms with Gasteiger partial charge < -0.3 is 19.9 Å². The van der Waals surface area contributed by atoms with E-state index in [1.807, 2.05) is 6.07 Å². The van der Waals surface area contributed by atoms with Crippen LogP contribution in [0.5, 0.6) is 11.5 Å². The van der Waals surface area contributed by atoms with Crippen molar-refractivity contribution in [2.24, 2.45) is 11.8 Å². The third-order valence-corrected chi connectivity index (χ3v) is 3.47. The molecule has 21 heavy (non-hydrogen) atoms. The molecule has 1 aromatic rings. The Morgan fingerprint density at radius 1 is 1.14 bits per heavy atom. The first kappa shape index (κ1) is 16.8. The van der Waals surface area contributed by atoms with Gasteiger partial charge in [0.25, 0.3) is 0 Å². The minimum Gasteiger partial charge on any atom is -0.493 e. The van der Waals surface area contributed by atoms with Crippen LogP contribution in [-0.2, 0) is 16.1 Å². The lowest BCUT2D eigenvalue weighted by molar-refractivity contribution is -0.146. The molecule has 0 radical (unpaired) electrons. The Balaban J connectivity index is 2.67. The molecule has 0 spiro atoms. The molecule has 6 heteroatoms. The molecule has 0 fully saturated rings. The second kappa shape index (κ2) is 7.52. The number of ether oxygens (including phenoxy) is 2. The SMILES string of the molecule is COc1ccc(CNC(=O)C(C)C(C)C(=O)O)cc1OC. The first-order valence-electron chi connectivity index (χ1n) is 6.62. The summed E-state index contributed by atoms with van der Waals surface area (Å²) in [5, 5.41) is 11.6. The minimum absolute atomic E-state index is 0.292. The molecule has 0 heterocycles. The summed E-state index contributed by atoms with van der Waals surface area (Å²) in [7, 11) is 3.09. The van der Waals surface area contributed by atoms with Crippen molar-refractivity contribution in [3.8, 4) is 11.5 Å². The van der Waals surface area contributed by atoms with E-state index in [4.69, 9.17) is 14.6 Å². The maximum Gasteiger partial charge on any atom is 0.307 e. The van der Waals surface area contributed by atoms with E-state index in [-0.39, 0.29) is 5.91 Å². The van der Waals surface area contributed by atoms with Crippen LogP contribution in [0.25, 0.3) is 0 Å². The summed E-state index contributed by atoms with van der Waals surface area (Å²) in [6, 6.07) is 5.33. The van der Waals surface area contributed by atoms with Crippen LogP contribution in [-0.4, -0.2) is 31.2 Å². The summed E-state index contributed by atoms with van der Waals surface area (Å²) in [5.41, 5.74) is 0.844. The van der Waals surface area contributed by atoms with Gasteiger partial charge in [0.15, 0.2) is 11.5 Å². The first-order chi connectivity index (χ1) is 9.90. The highest BCUT2D eigenvalue weighted by atomic mass is 16.5. The largest absolute Gasteiger partial charge is 0.493 e. The van der Waals surface area contributed by atoms with E-state index in [9.17, 15) is 9.59 Å². The zero-order valence-corrected chi connectivity index (χ0v) is 12.7. The third kappa shape index (κ3) is 4.37. The molecule has 116 valence electrons. The van der Waals surface area contributed by atoms with Crippen molar-refractivity contribution in [3.05, 3.63) is 23.8 Å². The molecule has 0 bridgehead atoms. The monoisotopic (exact) mass is 295 g/mol. The molecule has 2 unspecified atom stereocenters. The molecule has 0 aliphatic heterocycles. The number of carboxylic acid groups (broad SMARTS) is 1. The number of hydrogen-bond acceptors (Lipinski definition) is 4. The quantitative estimate of drug-likeness (QED) is 0.799. The van der Waals surface area contributed by atoms with Gasteiger partial charge in [0.2, 0.25) is 5.91 Å². The fourth-order valence-corrected chi connectivity index (χ4v) is 1.78. The van der Waals surface area contributed by atoms with Crippen LogP contribution in [0.3, 0.4) is 0 Å². The molecule has 2 N–H and O–H groups in total. The van der Waals surface area contributed by atoms with Gasteiger partial charge in [0.1, 0.15) is 0 Å². The van der Waals surface area contributed by atoms with Crippen molar-refractivity contribution < 1.29 is 24.2 Å². The van der Waals surface area contributed by atoms with E-state index in [2.05, 4.69) is 5.32 Å². The fourth-order valence-electron chi connectivity index (χ4n) is 1.78. The number of carbonyl (C=O) groups excluding carboxylic acids is 1. The highest BCUT2D eigenvalue weighted by molar-refractivity contribution is 5.84. The summed E-state index contributed by atoms with van der Waals surface area (Å²) in [4.78, 5) is 22.8. The van der Waals surface area contributed by atoms with Crippen molar-refractivity contribution in [3.63, 3.8) is 0 Å². The maximum atomic E-state index is 11.9. The molecule has 1 aromatic carbocycles.